The van der Waals surface area contributed by atoms with Crippen LogP contribution >= 0.6 is 23.2 Å². The van der Waals surface area contributed by atoms with Crippen LogP contribution in [0.4, 0.5) is 18.0 Å². The summed E-state index contributed by atoms with van der Waals surface area (Å²) >= 11 is 12.1. The van der Waals surface area contributed by atoms with Crippen LogP contribution in [0.25, 0.3) is 0 Å². The summed E-state index contributed by atoms with van der Waals surface area (Å²) in [4.78, 5) is 28.0. The Hall–Kier alpha value is -2.53. The molecular weight excluding hydrogens is 836 g/mol. The van der Waals surface area contributed by atoms with Crippen LogP contribution in [-0.4, -0.2) is 149 Å². The molecule has 4 saturated heterocycles. The summed E-state index contributed by atoms with van der Waals surface area (Å²) in [6, 6.07) is 17.6. The number of carbonyl (C=O) groups is 2. The number of hydrogen-bond donors (Lipinski definition) is 3. The van der Waals surface area contributed by atoms with Crippen molar-refractivity contribution >= 4 is 35.6 Å². The highest BCUT2D eigenvalue weighted by atomic mass is 35.5. The first-order valence-electron chi connectivity index (χ1n) is 21.3. The van der Waals surface area contributed by atoms with Gasteiger partial charge in [0.2, 0.25) is 6.29 Å². The fourth-order valence-corrected chi connectivity index (χ4v) is 8.42. The first-order valence-corrected chi connectivity index (χ1v) is 22.1. The van der Waals surface area contributed by atoms with E-state index in [0.717, 1.165) is 68.2 Å². The Morgan fingerprint density at radius 3 is 1.46 bits per heavy atom. The number of rotatable bonds is 8. The number of morpholine rings is 2. The van der Waals surface area contributed by atoms with E-state index in [9.17, 15) is 28.2 Å². The van der Waals surface area contributed by atoms with Crippen molar-refractivity contribution in [2.24, 2.45) is 0 Å². The SMILES string of the molecule is CC(C)(C)OC(=O)N1CCC(N2C[C@H](C(C)(C)O)OCC2Cc2ccc(Cl)cc2)CC1.CC(C)(O)[C@H]1CN(C2CCNCC2)C(Cc2ccc(Cl)cc2)CO1.O=CC(F)(F)F. The molecule has 0 aromatic heterocycles. The summed E-state index contributed by atoms with van der Waals surface area (Å²) in [6.07, 6.45) is -0.393. The quantitative estimate of drug-likeness (QED) is 0.232. The van der Waals surface area contributed by atoms with Crippen molar-refractivity contribution in [1.82, 2.24) is 20.0 Å². The van der Waals surface area contributed by atoms with Crippen molar-refractivity contribution in [1.29, 1.82) is 0 Å². The standard InChI is InChI=1S/C24H37ClN2O4.C19H29ClN2O2.C2HF3O/c1-23(2,3)31-22(28)26-12-10-19(11-13-26)27-15-21(24(4,5)29)30-16-20(27)14-17-6-8-18(25)9-7-17;1-19(2,23)18-12-22(16-7-9-21-10-8-16)17(13-24-18)11-14-3-5-15(20)6-4-14;3-2(4,5)1-6/h6-9,19-21,29H,10-16H2,1-5H3;3-6,16-18,21,23H,7-13H2,1-2H3;1H/t20?,21-;17?,18-;/m11./s1. The number of aldehydes is 1. The number of alkyl halides is 3. The first kappa shape index (κ1) is 51.1. The maximum Gasteiger partial charge on any atom is 0.446 e. The molecule has 344 valence electrons. The lowest BCUT2D eigenvalue weighted by Gasteiger charge is -2.48. The number of aliphatic hydroxyl groups is 2. The molecule has 4 heterocycles. The highest BCUT2D eigenvalue weighted by Gasteiger charge is 2.42. The molecule has 0 bridgehead atoms. The maximum absolute atomic E-state index is 12.4. The summed E-state index contributed by atoms with van der Waals surface area (Å²) in [6.45, 7) is 19.2. The monoisotopic (exact) mass is 902 g/mol. The fourth-order valence-electron chi connectivity index (χ4n) is 8.16. The second kappa shape index (κ2) is 22.4. The number of ether oxygens (including phenoxy) is 3. The summed E-state index contributed by atoms with van der Waals surface area (Å²) in [5.41, 5.74) is 0.309. The molecular formula is C45H67Cl2F3N4O7. The minimum Gasteiger partial charge on any atom is -0.444 e. The molecule has 4 aliphatic rings. The van der Waals surface area contributed by atoms with Crippen molar-refractivity contribution in [3.8, 4) is 0 Å². The third-order valence-corrected chi connectivity index (χ3v) is 12.0. The molecule has 4 aliphatic heterocycles. The molecule has 2 aromatic rings. The zero-order chi connectivity index (χ0) is 45.2. The van der Waals surface area contributed by atoms with Crippen LogP contribution in [0.5, 0.6) is 0 Å². The van der Waals surface area contributed by atoms with Crippen molar-refractivity contribution in [2.45, 2.75) is 146 Å². The molecule has 2 aromatic carbocycles. The molecule has 0 spiro atoms. The van der Waals surface area contributed by atoms with E-state index in [4.69, 9.17) is 42.2 Å². The Balaban J connectivity index is 0.000000242. The molecule has 11 nitrogen and oxygen atoms in total. The number of nitrogens with zero attached hydrogens (tertiary/aromatic N) is 3. The Kier molecular flexibility index (Phi) is 18.8. The molecule has 4 fully saturated rings. The van der Waals surface area contributed by atoms with E-state index in [1.165, 1.54) is 11.1 Å². The van der Waals surface area contributed by atoms with E-state index in [-0.39, 0.29) is 24.3 Å². The van der Waals surface area contributed by atoms with Crippen LogP contribution in [0, 0.1) is 0 Å². The summed E-state index contributed by atoms with van der Waals surface area (Å²) < 4.78 is 48.9. The predicted octanol–water partition coefficient (Wildman–Crippen LogP) is 7.34. The lowest BCUT2D eigenvalue weighted by Crippen LogP contribution is -2.61. The van der Waals surface area contributed by atoms with Crippen molar-refractivity contribution in [3.05, 3.63) is 69.7 Å². The van der Waals surface area contributed by atoms with Crippen molar-refractivity contribution in [2.75, 3.05) is 52.5 Å². The van der Waals surface area contributed by atoms with Gasteiger partial charge in [-0.1, -0.05) is 47.5 Å². The number of amides is 1. The average Bonchev–Trinajstić information content (AvgIpc) is 3.19. The van der Waals surface area contributed by atoms with Gasteiger partial charge in [-0.15, -0.1) is 0 Å². The summed E-state index contributed by atoms with van der Waals surface area (Å²) in [5, 5.41) is 25.9. The molecule has 1 amide bonds. The Morgan fingerprint density at radius 2 is 1.11 bits per heavy atom. The van der Waals surface area contributed by atoms with Gasteiger partial charge in [0.05, 0.1) is 36.6 Å². The van der Waals surface area contributed by atoms with E-state index >= 15 is 0 Å². The molecule has 3 N–H and O–H groups in total. The van der Waals surface area contributed by atoms with Crippen LogP contribution in [-0.2, 0) is 31.8 Å². The second-order valence-electron chi connectivity index (χ2n) is 18.7. The lowest BCUT2D eigenvalue weighted by molar-refractivity contribution is -0.156. The van der Waals surface area contributed by atoms with Crippen LogP contribution < -0.4 is 5.32 Å². The van der Waals surface area contributed by atoms with E-state index in [1.54, 1.807) is 13.8 Å². The predicted molar refractivity (Wildman–Crippen MR) is 232 cm³/mol. The van der Waals surface area contributed by atoms with Gasteiger partial charge in [-0.05, 0) is 135 Å². The maximum atomic E-state index is 12.4. The molecule has 0 aliphatic carbocycles. The van der Waals surface area contributed by atoms with Crippen molar-refractivity contribution in [3.63, 3.8) is 0 Å². The highest BCUT2D eigenvalue weighted by Crippen LogP contribution is 2.30. The van der Waals surface area contributed by atoms with Gasteiger partial charge >= 0.3 is 12.3 Å². The van der Waals surface area contributed by atoms with Crippen molar-refractivity contribution < 1.29 is 47.2 Å². The third-order valence-electron chi connectivity index (χ3n) is 11.5. The van der Waals surface area contributed by atoms with Crippen LogP contribution in [0.2, 0.25) is 10.0 Å². The number of likely N-dealkylation sites (tertiary alicyclic amines) is 1. The zero-order valence-corrected chi connectivity index (χ0v) is 38.2. The van der Waals surface area contributed by atoms with E-state index in [0.29, 0.717) is 51.0 Å². The number of piperidine rings is 2. The van der Waals surface area contributed by atoms with Gasteiger partial charge in [-0.25, -0.2) is 4.79 Å². The van der Waals surface area contributed by atoms with E-state index < -0.39 is 29.3 Å². The molecule has 6 rings (SSSR count). The molecule has 61 heavy (non-hydrogen) atoms. The molecule has 0 saturated carbocycles. The first-order chi connectivity index (χ1) is 28.4. The topological polar surface area (TPSA) is 124 Å². The summed E-state index contributed by atoms with van der Waals surface area (Å²) in [7, 11) is 0. The molecule has 4 atom stereocenters. The second-order valence-corrected chi connectivity index (χ2v) is 19.5. The van der Waals surface area contributed by atoms with Gasteiger partial charge in [-0.2, -0.15) is 13.2 Å². The van der Waals surface area contributed by atoms with Gasteiger partial charge in [0, 0.05) is 60.4 Å². The summed E-state index contributed by atoms with van der Waals surface area (Å²) in [5.74, 6) is 0. The molecule has 16 heteroatoms. The third kappa shape index (κ3) is 17.2. The normalized spacial score (nSPS) is 24.2. The number of benzene rings is 2. The van der Waals surface area contributed by atoms with Crippen LogP contribution in [0.3, 0.4) is 0 Å². The van der Waals surface area contributed by atoms with Crippen LogP contribution in [0.15, 0.2) is 48.5 Å². The smallest absolute Gasteiger partial charge is 0.444 e. The van der Waals surface area contributed by atoms with Gasteiger partial charge < -0.3 is 34.6 Å². The number of halogens is 5. The minimum atomic E-state index is -4.64. The van der Waals surface area contributed by atoms with Gasteiger partial charge in [0.1, 0.15) is 5.60 Å². The minimum absolute atomic E-state index is 0.131. The zero-order valence-electron chi connectivity index (χ0n) is 36.7. The molecule has 0 radical (unpaired) electrons. The van der Waals surface area contributed by atoms with Gasteiger partial charge in [0.15, 0.2) is 0 Å². The number of carbonyl (C=O) groups excluding carboxylic acids is 2. The van der Waals surface area contributed by atoms with E-state index in [1.807, 2.05) is 63.8 Å². The Labute approximate surface area is 370 Å². The largest absolute Gasteiger partial charge is 0.446 e. The lowest BCUT2D eigenvalue weighted by atomic mass is 9.92. The van der Waals surface area contributed by atoms with Gasteiger partial charge in [0.25, 0.3) is 0 Å². The van der Waals surface area contributed by atoms with Crippen LogP contribution in [0.1, 0.15) is 85.3 Å². The molecule has 2 unspecified atom stereocenters. The average molecular weight is 904 g/mol. The van der Waals surface area contributed by atoms with Gasteiger partial charge in [-0.3, -0.25) is 14.6 Å². The fraction of sp³-hybridized carbons (Fsp3) is 0.689. The number of hydrogen-bond acceptors (Lipinski definition) is 10. The number of nitrogens with one attached hydrogen (secondary N) is 1. The highest BCUT2D eigenvalue weighted by molar-refractivity contribution is 6.30. The van der Waals surface area contributed by atoms with E-state index in [2.05, 4.69) is 39.4 Å². The Bertz CT molecular complexity index is 1640. The Morgan fingerprint density at radius 1 is 0.738 bits per heavy atom.